The second-order valence-electron chi connectivity index (χ2n) is 9.61. The van der Waals surface area contributed by atoms with Crippen molar-refractivity contribution in [1.29, 1.82) is 0 Å². The lowest BCUT2D eigenvalue weighted by molar-refractivity contribution is -0.134. The van der Waals surface area contributed by atoms with Gasteiger partial charge in [-0.1, -0.05) is 30.3 Å². The molecule has 3 amide bonds. The fourth-order valence-corrected chi connectivity index (χ4v) is 4.12. The van der Waals surface area contributed by atoms with Crippen molar-refractivity contribution < 1.29 is 23.9 Å². The average molecular weight is 527 g/mol. The number of fused-ring (bicyclic) bond motifs is 1. The largest absolute Gasteiger partial charge is 0.449 e. The number of amides is 3. The maximum atomic E-state index is 13.3. The lowest BCUT2D eigenvalue weighted by Gasteiger charge is -2.24. The first-order chi connectivity index (χ1) is 18.1. The first kappa shape index (κ1) is 28.9. The zero-order chi connectivity index (χ0) is 27.7. The van der Waals surface area contributed by atoms with E-state index in [9.17, 15) is 14.4 Å². The molecule has 1 aliphatic heterocycles. The lowest BCUT2D eigenvalue weighted by Crippen LogP contribution is -2.52. The maximum Gasteiger partial charge on any atom is 0.246 e. The molecule has 0 unspecified atom stereocenters. The molecule has 0 aliphatic carbocycles. The van der Waals surface area contributed by atoms with Crippen LogP contribution < -0.4 is 37.3 Å². The van der Waals surface area contributed by atoms with Crippen LogP contribution in [0.4, 0.5) is 5.69 Å². The fourth-order valence-electron chi connectivity index (χ4n) is 4.12. The van der Waals surface area contributed by atoms with Crippen LogP contribution in [0.1, 0.15) is 32.3 Å². The van der Waals surface area contributed by atoms with Gasteiger partial charge in [-0.05, 0) is 30.5 Å². The van der Waals surface area contributed by atoms with E-state index in [1.807, 2.05) is 30.3 Å². The van der Waals surface area contributed by atoms with Crippen LogP contribution in [0.5, 0.6) is 11.5 Å². The summed E-state index contributed by atoms with van der Waals surface area (Å²) in [6.45, 7) is 4.76. The number of hydrogen-bond donors (Lipinski definition) is 5. The molecule has 1 heterocycles. The average Bonchev–Trinajstić information content (AvgIpc) is 3.19. The summed E-state index contributed by atoms with van der Waals surface area (Å²) in [4.78, 5) is 40.3. The molecule has 11 heteroatoms. The van der Waals surface area contributed by atoms with Crippen LogP contribution in [-0.4, -0.2) is 66.7 Å². The highest BCUT2D eigenvalue weighted by atomic mass is 16.7. The topological polar surface area (TPSA) is 175 Å². The van der Waals surface area contributed by atoms with Gasteiger partial charge in [0.2, 0.25) is 23.5 Å². The van der Waals surface area contributed by atoms with Gasteiger partial charge >= 0.3 is 0 Å². The predicted octanol–water partition coefficient (Wildman–Crippen LogP) is 0.713. The van der Waals surface area contributed by atoms with E-state index in [1.165, 1.54) is 4.90 Å². The van der Waals surface area contributed by atoms with Crippen LogP contribution >= 0.6 is 0 Å². The summed E-state index contributed by atoms with van der Waals surface area (Å²) in [6.07, 6.45) is 0.645. The van der Waals surface area contributed by atoms with Crippen molar-refractivity contribution >= 4 is 23.4 Å². The van der Waals surface area contributed by atoms with Gasteiger partial charge in [0, 0.05) is 51.8 Å². The van der Waals surface area contributed by atoms with Gasteiger partial charge in [0.25, 0.3) is 0 Å². The highest BCUT2D eigenvalue weighted by Crippen LogP contribution is 2.40. The normalized spacial score (nSPS) is 14.9. The van der Waals surface area contributed by atoms with Crippen LogP contribution in [0.15, 0.2) is 48.5 Å². The van der Waals surface area contributed by atoms with E-state index in [2.05, 4.69) is 10.6 Å². The molecule has 2 aromatic carbocycles. The first-order valence-corrected chi connectivity index (χ1v) is 12.7. The molecule has 0 radical (unpaired) electrons. The summed E-state index contributed by atoms with van der Waals surface area (Å²) in [5, 5.41) is 5.57. The van der Waals surface area contributed by atoms with Crippen LogP contribution in [0.3, 0.4) is 0 Å². The minimum absolute atomic E-state index is 0.225. The standard InChI is InChI=1S/C27H38N6O5/c1-27(2)37-22-11-9-19(16-23(22)38-27)31-26(36)21(10-8-18-6-4-3-5-7-18)32-25(35)20(30)17-24(34)33(14-12-28)15-13-29/h3-7,9,11,16,20-21H,8,10,12-15,17,28-30H2,1-2H3,(H,31,36)(H,32,35)/t20-,21-/m0/s1. The highest BCUT2D eigenvalue weighted by Gasteiger charge is 2.32. The summed E-state index contributed by atoms with van der Waals surface area (Å²) in [5.74, 6) is -1.04. The van der Waals surface area contributed by atoms with Gasteiger partial charge in [0.1, 0.15) is 6.04 Å². The van der Waals surface area contributed by atoms with E-state index in [4.69, 9.17) is 26.7 Å². The summed E-state index contributed by atoms with van der Waals surface area (Å²) in [5.41, 5.74) is 18.7. The first-order valence-electron chi connectivity index (χ1n) is 12.7. The SMILES string of the molecule is CC1(C)Oc2ccc(NC(=O)[C@H](CCc3ccccc3)NC(=O)[C@@H](N)CC(=O)N(CCN)CCN)cc2O1. The Bertz CT molecular complexity index is 1100. The molecule has 11 nitrogen and oxygen atoms in total. The van der Waals surface area contributed by atoms with Crippen molar-refractivity contribution in [2.24, 2.45) is 17.2 Å². The summed E-state index contributed by atoms with van der Waals surface area (Å²) < 4.78 is 11.5. The van der Waals surface area contributed by atoms with E-state index < -0.39 is 29.7 Å². The number of benzene rings is 2. The quantitative estimate of drug-likeness (QED) is 0.254. The number of rotatable bonds is 13. The fraction of sp³-hybridized carbons (Fsp3) is 0.444. The Morgan fingerprint density at radius 1 is 0.947 bits per heavy atom. The van der Waals surface area contributed by atoms with Crippen molar-refractivity contribution in [2.75, 3.05) is 31.5 Å². The van der Waals surface area contributed by atoms with Crippen molar-refractivity contribution in [3.63, 3.8) is 0 Å². The molecule has 0 saturated heterocycles. The molecule has 0 aromatic heterocycles. The van der Waals surface area contributed by atoms with Crippen molar-refractivity contribution in [1.82, 2.24) is 10.2 Å². The van der Waals surface area contributed by atoms with Gasteiger partial charge in [0.05, 0.1) is 12.5 Å². The lowest BCUT2D eigenvalue weighted by atomic mass is 10.0. The molecule has 0 spiro atoms. The van der Waals surface area contributed by atoms with Crippen molar-refractivity contribution in [2.45, 2.75) is 51.0 Å². The Hall–Kier alpha value is -3.67. The number of nitrogens with one attached hydrogen (secondary N) is 2. The number of carbonyl (C=O) groups excluding carboxylic acids is 3. The zero-order valence-corrected chi connectivity index (χ0v) is 21.9. The predicted molar refractivity (Wildman–Crippen MR) is 144 cm³/mol. The molecule has 8 N–H and O–H groups in total. The zero-order valence-electron chi connectivity index (χ0n) is 21.9. The number of hydrogen-bond acceptors (Lipinski definition) is 8. The Morgan fingerprint density at radius 3 is 2.26 bits per heavy atom. The molecule has 1 aliphatic rings. The number of aryl methyl sites for hydroxylation is 1. The molecular weight excluding hydrogens is 488 g/mol. The Labute approximate surface area is 223 Å². The van der Waals surface area contributed by atoms with Gasteiger partial charge in [0.15, 0.2) is 11.5 Å². The van der Waals surface area contributed by atoms with E-state index in [1.54, 1.807) is 32.0 Å². The Balaban J connectivity index is 1.68. The van der Waals surface area contributed by atoms with E-state index >= 15 is 0 Å². The van der Waals surface area contributed by atoms with Crippen LogP contribution in [-0.2, 0) is 20.8 Å². The third-order valence-electron chi connectivity index (χ3n) is 6.00. The van der Waals surface area contributed by atoms with Crippen molar-refractivity contribution in [3.05, 3.63) is 54.1 Å². The van der Waals surface area contributed by atoms with Gasteiger partial charge in [-0.3, -0.25) is 14.4 Å². The van der Waals surface area contributed by atoms with Gasteiger partial charge < -0.3 is 42.2 Å². The summed E-state index contributed by atoms with van der Waals surface area (Å²) >= 11 is 0. The minimum Gasteiger partial charge on any atom is -0.449 e. The van der Waals surface area contributed by atoms with Crippen LogP contribution in [0.2, 0.25) is 0 Å². The summed E-state index contributed by atoms with van der Waals surface area (Å²) in [6, 6.07) is 12.7. The number of ether oxygens (including phenoxy) is 2. The van der Waals surface area contributed by atoms with E-state index in [0.717, 1.165) is 5.56 Å². The second-order valence-corrected chi connectivity index (χ2v) is 9.61. The van der Waals surface area contributed by atoms with Crippen LogP contribution in [0, 0.1) is 0 Å². The molecule has 0 bridgehead atoms. The molecule has 2 atom stereocenters. The van der Waals surface area contributed by atoms with E-state index in [-0.39, 0.29) is 25.4 Å². The molecule has 0 fully saturated rings. The Morgan fingerprint density at radius 2 is 1.61 bits per heavy atom. The number of carbonyl (C=O) groups is 3. The van der Waals surface area contributed by atoms with Gasteiger partial charge in [-0.25, -0.2) is 0 Å². The molecule has 206 valence electrons. The highest BCUT2D eigenvalue weighted by molar-refractivity contribution is 5.98. The molecule has 2 aromatic rings. The third kappa shape index (κ3) is 8.17. The second kappa shape index (κ2) is 13.2. The smallest absolute Gasteiger partial charge is 0.246 e. The number of anilines is 1. The molecule has 38 heavy (non-hydrogen) atoms. The number of nitrogens with two attached hydrogens (primary N) is 3. The number of nitrogens with zero attached hydrogens (tertiary/aromatic N) is 1. The van der Waals surface area contributed by atoms with Gasteiger partial charge in [-0.15, -0.1) is 0 Å². The summed E-state index contributed by atoms with van der Waals surface area (Å²) in [7, 11) is 0. The van der Waals surface area contributed by atoms with Gasteiger partial charge in [-0.2, -0.15) is 0 Å². The Kier molecular flexibility index (Phi) is 10.1. The van der Waals surface area contributed by atoms with Crippen LogP contribution in [0.25, 0.3) is 0 Å². The van der Waals surface area contributed by atoms with E-state index in [0.29, 0.717) is 43.1 Å². The molecule has 0 saturated carbocycles. The molecule has 3 rings (SSSR count). The minimum atomic E-state index is -1.14. The van der Waals surface area contributed by atoms with Crippen molar-refractivity contribution in [3.8, 4) is 11.5 Å². The maximum absolute atomic E-state index is 13.3. The molecular formula is C27H38N6O5. The monoisotopic (exact) mass is 526 g/mol. The third-order valence-corrected chi connectivity index (χ3v) is 6.00.